The lowest BCUT2D eigenvalue weighted by molar-refractivity contribution is -0.114. The summed E-state index contributed by atoms with van der Waals surface area (Å²) in [5.74, 6) is -0.837. The number of benzene rings is 4. The van der Waals surface area contributed by atoms with Crippen LogP contribution in [0.3, 0.4) is 0 Å². The van der Waals surface area contributed by atoms with Crippen LogP contribution < -0.4 is 16.0 Å². The molecular weight excluding hydrogens is 588 g/mol. The topological polar surface area (TPSA) is 100 Å². The minimum Gasteiger partial charge on any atom is -0.321 e. The van der Waals surface area contributed by atoms with Crippen molar-refractivity contribution in [3.63, 3.8) is 0 Å². The molecule has 0 aliphatic heterocycles. The molecule has 1 heterocycles. The summed E-state index contributed by atoms with van der Waals surface area (Å²) in [5, 5.41) is 9.54. The summed E-state index contributed by atoms with van der Waals surface area (Å²) in [6.07, 6.45) is 1.59. The number of halogens is 1. The Labute approximate surface area is 256 Å². The molecular formula is C32H25ClN4O3S2. The van der Waals surface area contributed by atoms with E-state index < -0.39 is 11.8 Å². The summed E-state index contributed by atoms with van der Waals surface area (Å²) in [6.45, 7) is 2.02. The van der Waals surface area contributed by atoms with Crippen molar-refractivity contribution in [2.75, 3.05) is 16.4 Å². The minimum absolute atomic E-state index is 0.0753. The third-order valence-electron chi connectivity index (χ3n) is 5.98. The number of hydrogen-bond donors (Lipinski definition) is 3. The molecule has 7 nitrogen and oxygen atoms in total. The molecule has 0 saturated heterocycles. The average molecular weight is 613 g/mol. The third-order valence-corrected chi connectivity index (χ3v) is 8.18. The SMILES string of the molecule is Cc1ccc2nc(NC(=O)CSc3ccc(NC(=O)/C(=C/c4ccc(Cl)cc4)NC(=O)c4ccccc4)cc3)sc2c1. The van der Waals surface area contributed by atoms with Gasteiger partial charge in [0.2, 0.25) is 5.91 Å². The van der Waals surface area contributed by atoms with Gasteiger partial charge in [-0.05, 0) is 84.8 Å². The van der Waals surface area contributed by atoms with Crippen molar-refractivity contribution in [3.8, 4) is 0 Å². The van der Waals surface area contributed by atoms with Crippen molar-refractivity contribution in [2.45, 2.75) is 11.8 Å². The number of anilines is 2. The Balaban J connectivity index is 1.20. The zero-order chi connectivity index (χ0) is 29.5. The molecule has 0 spiro atoms. The number of aromatic nitrogens is 1. The number of fused-ring (bicyclic) bond motifs is 1. The van der Waals surface area contributed by atoms with Crippen molar-refractivity contribution in [1.29, 1.82) is 0 Å². The minimum atomic E-state index is -0.486. The second kappa shape index (κ2) is 13.5. The summed E-state index contributed by atoms with van der Waals surface area (Å²) in [4.78, 5) is 43.9. The van der Waals surface area contributed by atoms with E-state index in [1.54, 1.807) is 66.7 Å². The van der Waals surface area contributed by atoms with Crippen LogP contribution in [-0.2, 0) is 9.59 Å². The maximum atomic E-state index is 13.2. The molecule has 0 bridgehead atoms. The summed E-state index contributed by atoms with van der Waals surface area (Å²) >= 11 is 8.81. The lowest BCUT2D eigenvalue weighted by atomic mass is 10.1. The van der Waals surface area contributed by atoms with E-state index in [-0.39, 0.29) is 17.4 Å². The summed E-state index contributed by atoms with van der Waals surface area (Å²) in [7, 11) is 0. The first-order chi connectivity index (χ1) is 20.3. The van der Waals surface area contributed by atoms with E-state index in [4.69, 9.17) is 11.6 Å². The number of rotatable bonds is 9. The second-order valence-corrected chi connectivity index (χ2v) is 11.8. The van der Waals surface area contributed by atoms with Crippen LogP contribution in [0.4, 0.5) is 10.8 Å². The molecule has 1 aromatic heterocycles. The molecule has 5 aromatic rings. The Bertz CT molecular complexity index is 1770. The van der Waals surface area contributed by atoms with Crippen LogP contribution in [-0.4, -0.2) is 28.5 Å². The zero-order valence-corrected chi connectivity index (χ0v) is 24.8. The number of nitrogens with zero attached hydrogens (tertiary/aromatic N) is 1. The standard InChI is InChI=1S/C32H25ClN4O3S2/c1-20-7-16-26-28(17-20)42-32(36-26)37-29(38)19-41-25-14-12-24(13-15-25)34-31(40)27(18-21-8-10-23(33)11-9-21)35-30(39)22-5-3-2-4-6-22/h2-18H,19H2,1H3,(H,34,40)(H,35,39)(H,36,37,38)/b27-18-. The number of thiazole rings is 1. The fraction of sp³-hybridized carbons (Fsp3) is 0.0625. The predicted octanol–water partition coefficient (Wildman–Crippen LogP) is 7.40. The van der Waals surface area contributed by atoms with Gasteiger partial charge >= 0.3 is 0 Å². The Hall–Kier alpha value is -4.44. The number of aryl methyl sites for hydroxylation is 1. The van der Waals surface area contributed by atoms with Crippen LogP contribution in [0.2, 0.25) is 5.02 Å². The first-order valence-electron chi connectivity index (χ1n) is 12.9. The van der Waals surface area contributed by atoms with E-state index in [1.165, 1.54) is 23.1 Å². The van der Waals surface area contributed by atoms with E-state index in [0.717, 1.165) is 20.7 Å². The zero-order valence-electron chi connectivity index (χ0n) is 22.4. The predicted molar refractivity (Wildman–Crippen MR) is 172 cm³/mol. The van der Waals surface area contributed by atoms with Crippen molar-refractivity contribution in [3.05, 3.63) is 124 Å². The highest BCUT2D eigenvalue weighted by Crippen LogP contribution is 2.27. The number of hydrogen-bond acceptors (Lipinski definition) is 6. The first kappa shape index (κ1) is 29.1. The molecule has 0 atom stereocenters. The summed E-state index contributed by atoms with van der Waals surface area (Å²) < 4.78 is 1.03. The van der Waals surface area contributed by atoms with Gasteiger partial charge in [0.05, 0.1) is 16.0 Å². The first-order valence-corrected chi connectivity index (χ1v) is 15.1. The Morgan fingerprint density at radius 2 is 1.64 bits per heavy atom. The fourth-order valence-corrected chi connectivity index (χ4v) is 5.70. The molecule has 4 aromatic carbocycles. The van der Waals surface area contributed by atoms with Gasteiger partial charge in [-0.25, -0.2) is 4.98 Å². The number of amides is 3. The molecule has 3 amide bonds. The summed E-state index contributed by atoms with van der Waals surface area (Å²) in [6, 6.07) is 28.7. The molecule has 10 heteroatoms. The highest BCUT2D eigenvalue weighted by atomic mass is 35.5. The molecule has 0 aliphatic carbocycles. The molecule has 5 rings (SSSR count). The second-order valence-electron chi connectivity index (χ2n) is 9.24. The smallest absolute Gasteiger partial charge is 0.272 e. The molecule has 42 heavy (non-hydrogen) atoms. The molecule has 0 aliphatic rings. The van der Waals surface area contributed by atoms with Crippen LogP contribution in [0, 0.1) is 6.92 Å². The van der Waals surface area contributed by atoms with Crippen molar-refractivity contribution >= 4 is 79.5 Å². The largest absolute Gasteiger partial charge is 0.321 e. The average Bonchev–Trinajstić information content (AvgIpc) is 3.39. The number of carbonyl (C=O) groups is 3. The van der Waals surface area contributed by atoms with Crippen LogP contribution >= 0.6 is 34.7 Å². The van der Waals surface area contributed by atoms with Gasteiger partial charge in [0.1, 0.15) is 5.70 Å². The molecule has 0 radical (unpaired) electrons. The lowest BCUT2D eigenvalue weighted by Gasteiger charge is -2.12. The van der Waals surface area contributed by atoms with Gasteiger partial charge in [-0.15, -0.1) is 11.8 Å². The highest BCUT2D eigenvalue weighted by molar-refractivity contribution is 8.00. The Morgan fingerprint density at radius 1 is 0.905 bits per heavy atom. The van der Waals surface area contributed by atoms with E-state index >= 15 is 0 Å². The molecule has 0 saturated carbocycles. The van der Waals surface area contributed by atoms with Gasteiger partial charge in [0, 0.05) is 21.2 Å². The van der Waals surface area contributed by atoms with Crippen LogP contribution in [0.1, 0.15) is 21.5 Å². The van der Waals surface area contributed by atoms with Crippen molar-refractivity contribution < 1.29 is 14.4 Å². The number of thioether (sulfide) groups is 1. The lowest BCUT2D eigenvalue weighted by Crippen LogP contribution is -2.30. The third kappa shape index (κ3) is 7.85. The number of nitrogens with one attached hydrogen (secondary N) is 3. The maximum Gasteiger partial charge on any atom is 0.272 e. The van der Waals surface area contributed by atoms with Gasteiger partial charge in [-0.3, -0.25) is 14.4 Å². The maximum absolute atomic E-state index is 13.2. The molecule has 3 N–H and O–H groups in total. The van der Waals surface area contributed by atoms with E-state index in [9.17, 15) is 14.4 Å². The number of carbonyl (C=O) groups excluding carboxylic acids is 3. The van der Waals surface area contributed by atoms with Gasteiger partial charge in [-0.2, -0.15) is 0 Å². The fourth-order valence-electron chi connectivity index (χ4n) is 3.89. The molecule has 0 unspecified atom stereocenters. The van der Waals surface area contributed by atoms with Crippen LogP contribution in [0.25, 0.3) is 16.3 Å². The monoisotopic (exact) mass is 612 g/mol. The van der Waals surface area contributed by atoms with Crippen molar-refractivity contribution in [2.24, 2.45) is 0 Å². The normalized spacial score (nSPS) is 11.2. The van der Waals surface area contributed by atoms with E-state index in [2.05, 4.69) is 20.9 Å². The quantitative estimate of drug-likeness (QED) is 0.119. The van der Waals surface area contributed by atoms with Gasteiger partial charge < -0.3 is 16.0 Å². The van der Waals surface area contributed by atoms with Crippen LogP contribution in [0.5, 0.6) is 0 Å². The molecule has 0 fully saturated rings. The van der Waals surface area contributed by atoms with E-state index in [1.807, 2.05) is 43.3 Å². The summed E-state index contributed by atoms with van der Waals surface area (Å²) in [5.41, 5.74) is 3.74. The Kier molecular flexibility index (Phi) is 9.33. The van der Waals surface area contributed by atoms with Gasteiger partial charge in [0.25, 0.3) is 11.8 Å². The Morgan fingerprint density at radius 3 is 2.38 bits per heavy atom. The van der Waals surface area contributed by atoms with Crippen LogP contribution in [0.15, 0.2) is 108 Å². The van der Waals surface area contributed by atoms with Crippen molar-refractivity contribution in [1.82, 2.24) is 10.3 Å². The van der Waals surface area contributed by atoms with Gasteiger partial charge in [0.15, 0.2) is 5.13 Å². The molecule has 210 valence electrons. The highest BCUT2D eigenvalue weighted by Gasteiger charge is 2.15. The van der Waals surface area contributed by atoms with Gasteiger partial charge in [-0.1, -0.05) is 59.3 Å². The van der Waals surface area contributed by atoms with E-state index in [0.29, 0.717) is 27.0 Å².